The topological polar surface area (TPSA) is 58.6 Å². The van der Waals surface area contributed by atoms with Crippen LogP contribution in [0.25, 0.3) is 0 Å². The number of amides is 2. The number of carbonyl (C=O) groups excluding carboxylic acids is 2. The lowest BCUT2D eigenvalue weighted by molar-refractivity contribution is 0.0774. The molecule has 0 unspecified atom stereocenters. The van der Waals surface area contributed by atoms with Gasteiger partial charge in [-0.2, -0.15) is 0 Å². The SMILES string of the molecule is Cc1cccc(OCCN(C)C(=O)c2ccccc2NC(=O)c2ccccc2Br)c1. The molecule has 0 saturated heterocycles. The van der Waals surface area contributed by atoms with Crippen LogP contribution in [0.15, 0.2) is 77.3 Å². The van der Waals surface area contributed by atoms with E-state index in [4.69, 9.17) is 4.74 Å². The maximum Gasteiger partial charge on any atom is 0.256 e. The number of hydrogen-bond donors (Lipinski definition) is 1. The van der Waals surface area contributed by atoms with Crippen molar-refractivity contribution < 1.29 is 14.3 Å². The number of ether oxygens (including phenoxy) is 1. The molecule has 3 aromatic rings. The summed E-state index contributed by atoms with van der Waals surface area (Å²) >= 11 is 3.38. The van der Waals surface area contributed by atoms with Crippen molar-refractivity contribution in [2.75, 3.05) is 25.5 Å². The predicted octanol–water partition coefficient (Wildman–Crippen LogP) is 5.16. The largest absolute Gasteiger partial charge is 0.492 e. The zero-order valence-corrected chi connectivity index (χ0v) is 18.5. The minimum Gasteiger partial charge on any atom is -0.492 e. The molecule has 1 N–H and O–H groups in total. The van der Waals surface area contributed by atoms with E-state index in [1.165, 1.54) is 0 Å². The van der Waals surface area contributed by atoms with Gasteiger partial charge >= 0.3 is 0 Å². The van der Waals surface area contributed by atoms with Crippen molar-refractivity contribution in [2.24, 2.45) is 0 Å². The van der Waals surface area contributed by atoms with Gasteiger partial charge in [0.2, 0.25) is 0 Å². The van der Waals surface area contributed by atoms with Gasteiger partial charge in [0.1, 0.15) is 12.4 Å². The molecule has 154 valence electrons. The van der Waals surface area contributed by atoms with Gasteiger partial charge in [-0.05, 0) is 64.8 Å². The van der Waals surface area contributed by atoms with E-state index in [9.17, 15) is 9.59 Å². The lowest BCUT2D eigenvalue weighted by Crippen LogP contribution is -2.31. The Kier molecular flexibility index (Phi) is 7.25. The second kappa shape index (κ2) is 10.1. The number of carbonyl (C=O) groups is 2. The summed E-state index contributed by atoms with van der Waals surface area (Å²) < 4.78 is 6.43. The fourth-order valence-corrected chi connectivity index (χ4v) is 3.39. The van der Waals surface area contributed by atoms with E-state index in [-0.39, 0.29) is 11.8 Å². The summed E-state index contributed by atoms with van der Waals surface area (Å²) in [5, 5.41) is 2.84. The van der Waals surface area contributed by atoms with Crippen LogP contribution in [0.2, 0.25) is 0 Å². The zero-order chi connectivity index (χ0) is 21.5. The number of halogens is 1. The molecule has 0 heterocycles. The van der Waals surface area contributed by atoms with Crippen molar-refractivity contribution in [3.8, 4) is 5.75 Å². The Labute approximate surface area is 184 Å². The molecule has 0 aliphatic heterocycles. The average molecular weight is 467 g/mol. The Balaban J connectivity index is 1.65. The maximum absolute atomic E-state index is 13.0. The summed E-state index contributed by atoms with van der Waals surface area (Å²) in [5.74, 6) is 0.302. The van der Waals surface area contributed by atoms with Crippen LogP contribution < -0.4 is 10.1 Å². The number of aryl methyl sites for hydroxylation is 1. The van der Waals surface area contributed by atoms with Gasteiger partial charge in [0.05, 0.1) is 23.4 Å². The van der Waals surface area contributed by atoms with Crippen LogP contribution in [-0.4, -0.2) is 36.9 Å². The van der Waals surface area contributed by atoms with E-state index in [1.54, 1.807) is 54.4 Å². The van der Waals surface area contributed by atoms with E-state index in [0.717, 1.165) is 11.3 Å². The van der Waals surface area contributed by atoms with Crippen LogP contribution in [0.1, 0.15) is 26.3 Å². The Morgan fingerprint density at radius 2 is 1.67 bits per heavy atom. The summed E-state index contributed by atoms with van der Waals surface area (Å²) in [6, 6.07) is 21.9. The Bertz CT molecular complexity index is 1050. The Hall–Kier alpha value is -3.12. The van der Waals surface area contributed by atoms with Gasteiger partial charge in [0, 0.05) is 11.5 Å². The normalized spacial score (nSPS) is 10.4. The van der Waals surface area contributed by atoms with Crippen molar-refractivity contribution in [2.45, 2.75) is 6.92 Å². The Morgan fingerprint density at radius 3 is 2.40 bits per heavy atom. The Morgan fingerprint density at radius 1 is 0.967 bits per heavy atom. The first-order valence-corrected chi connectivity index (χ1v) is 10.3. The lowest BCUT2D eigenvalue weighted by Gasteiger charge is -2.19. The quantitative estimate of drug-likeness (QED) is 0.522. The summed E-state index contributed by atoms with van der Waals surface area (Å²) in [5.41, 5.74) is 2.51. The molecule has 0 aliphatic rings. The van der Waals surface area contributed by atoms with E-state index >= 15 is 0 Å². The fourth-order valence-electron chi connectivity index (χ4n) is 2.93. The molecule has 0 bridgehead atoms. The standard InChI is InChI=1S/C24H23BrN2O3/c1-17-8-7-9-18(16-17)30-15-14-27(2)24(29)20-11-4-6-13-22(20)26-23(28)19-10-3-5-12-21(19)25/h3-13,16H,14-15H2,1-2H3,(H,26,28). The van der Waals surface area contributed by atoms with E-state index in [2.05, 4.69) is 21.2 Å². The molecule has 0 aliphatic carbocycles. The molecule has 2 amide bonds. The van der Waals surface area contributed by atoms with Crippen molar-refractivity contribution in [3.05, 3.63) is 94.0 Å². The van der Waals surface area contributed by atoms with Gasteiger partial charge in [-0.3, -0.25) is 9.59 Å². The number of rotatable bonds is 7. The number of likely N-dealkylation sites (N-methyl/N-ethyl adjacent to an activating group) is 1. The molecular formula is C24H23BrN2O3. The van der Waals surface area contributed by atoms with Crippen LogP contribution in [0, 0.1) is 6.92 Å². The first-order valence-electron chi connectivity index (χ1n) is 9.55. The monoisotopic (exact) mass is 466 g/mol. The highest BCUT2D eigenvalue weighted by atomic mass is 79.9. The lowest BCUT2D eigenvalue weighted by atomic mass is 10.1. The van der Waals surface area contributed by atoms with Crippen molar-refractivity contribution in [1.29, 1.82) is 0 Å². The van der Waals surface area contributed by atoms with Gasteiger partial charge < -0.3 is 15.0 Å². The van der Waals surface area contributed by atoms with Crippen LogP contribution in [0.4, 0.5) is 5.69 Å². The molecule has 3 rings (SSSR count). The maximum atomic E-state index is 13.0. The number of nitrogens with zero attached hydrogens (tertiary/aromatic N) is 1. The summed E-state index contributed by atoms with van der Waals surface area (Å²) in [6.45, 7) is 2.79. The van der Waals surface area contributed by atoms with Crippen molar-refractivity contribution in [3.63, 3.8) is 0 Å². The third-order valence-electron chi connectivity index (χ3n) is 4.56. The van der Waals surface area contributed by atoms with Crippen LogP contribution >= 0.6 is 15.9 Å². The molecule has 3 aromatic carbocycles. The molecule has 0 atom stereocenters. The molecule has 0 aromatic heterocycles. The van der Waals surface area contributed by atoms with E-state index < -0.39 is 0 Å². The van der Waals surface area contributed by atoms with Gasteiger partial charge in [-0.25, -0.2) is 0 Å². The minimum atomic E-state index is -0.284. The van der Waals surface area contributed by atoms with Gasteiger partial charge in [-0.1, -0.05) is 36.4 Å². The average Bonchev–Trinajstić information content (AvgIpc) is 2.74. The minimum absolute atomic E-state index is 0.189. The predicted molar refractivity (Wildman–Crippen MR) is 122 cm³/mol. The van der Waals surface area contributed by atoms with Gasteiger partial charge in [0.15, 0.2) is 0 Å². The molecule has 0 radical (unpaired) electrons. The van der Waals surface area contributed by atoms with Crippen LogP contribution in [0.3, 0.4) is 0 Å². The van der Waals surface area contributed by atoms with Gasteiger partial charge in [0.25, 0.3) is 11.8 Å². The summed E-state index contributed by atoms with van der Waals surface area (Å²) in [4.78, 5) is 27.2. The number of benzene rings is 3. The molecule has 0 saturated carbocycles. The second-order valence-corrected chi connectivity index (χ2v) is 7.73. The molecule has 0 fully saturated rings. The third kappa shape index (κ3) is 5.48. The van der Waals surface area contributed by atoms with Crippen molar-refractivity contribution >= 4 is 33.4 Å². The number of nitrogens with one attached hydrogen (secondary N) is 1. The first-order chi connectivity index (χ1) is 14.5. The van der Waals surface area contributed by atoms with E-state index in [1.807, 2.05) is 37.3 Å². The molecular weight excluding hydrogens is 444 g/mol. The summed E-state index contributed by atoms with van der Waals surface area (Å²) in [7, 11) is 1.72. The highest BCUT2D eigenvalue weighted by Crippen LogP contribution is 2.21. The first kappa shape index (κ1) is 21.6. The summed E-state index contributed by atoms with van der Waals surface area (Å²) in [6.07, 6.45) is 0. The molecule has 0 spiro atoms. The zero-order valence-electron chi connectivity index (χ0n) is 16.9. The highest BCUT2D eigenvalue weighted by molar-refractivity contribution is 9.10. The van der Waals surface area contributed by atoms with E-state index in [0.29, 0.717) is 34.4 Å². The molecule has 5 nitrogen and oxygen atoms in total. The third-order valence-corrected chi connectivity index (χ3v) is 5.25. The van der Waals surface area contributed by atoms with Crippen LogP contribution in [-0.2, 0) is 0 Å². The second-order valence-electron chi connectivity index (χ2n) is 6.87. The fraction of sp³-hybridized carbons (Fsp3) is 0.167. The van der Waals surface area contributed by atoms with Gasteiger partial charge in [-0.15, -0.1) is 0 Å². The number of para-hydroxylation sites is 1. The molecule has 30 heavy (non-hydrogen) atoms. The highest BCUT2D eigenvalue weighted by Gasteiger charge is 2.18. The smallest absolute Gasteiger partial charge is 0.256 e. The number of hydrogen-bond acceptors (Lipinski definition) is 3. The molecule has 6 heteroatoms. The number of anilines is 1. The van der Waals surface area contributed by atoms with Crippen LogP contribution in [0.5, 0.6) is 5.75 Å². The van der Waals surface area contributed by atoms with Crippen molar-refractivity contribution in [1.82, 2.24) is 4.90 Å².